The second-order valence-electron chi connectivity index (χ2n) is 9.56. The van der Waals surface area contributed by atoms with Gasteiger partial charge in [0.2, 0.25) is 0 Å². The fourth-order valence-corrected chi connectivity index (χ4v) is 27.3. The van der Waals surface area contributed by atoms with Gasteiger partial charge in [-0.3, -0.25) is 0 Å². The number of hydrogen-bond acceptors (Lipinski definition) is 7. The van der Waals surface area contributed by atoms with E-state index < -0.39 is 51.8 Å². The Morgan fingerprint density at radius 3 is 1.39 bits per heavy atom. The first kappa shape index (κ1) is 29.0. The molecule has 7 nitrogen and oxygen atoms in total. The van der Waals surface area contributed by atoms with Gasteiger partial charge in [0.25, 0.3) is 0 Å². The van der Waals surface area contributed by atoms with E-state index in [2.05, 4.69) is 65.5 Å². The molecule has 170 valence electrons. The van der Waals surface area contributed by atoms with Gasteiger partial charge < -0.3 is 29.7 Å². The smallest absolute Gasteiger partial charge is 0.437 e. The highest BCUT2D eigenvalue weighted by Crippen LogP contribution is 2.28. The molecule has 28 heavy (non-hydrogen) atoms. The fraction of sp³-hybridized carbons (Fsp3) is 1.00. The summed E-state index contributed by atoms with van der Waals surface area (Å²) < 4.78 is 42.7. The summed E-state index contributed by atoms with van der Waals surface area (Å²) in [5, 5.41) is 0. The summed E-state index contributed by atoms with van der Waals surface area (Å²) in [6, 6.07) is 1.41. The van der Waals surface area contributed by atoms with Crippen molar-refractivity contribution in [1.82, 2.24) is 0 Å². The molecule has 0 aliphatic carbocycles. The van der Waals surface area contributed by atoms with Crippen LogP contribution in [-0.2, 0) is 29.7 Å². The minimum Gasteiger partial charge on any atom is -0.437 e. The van der Waals surface area contributed by atoms with Gasteiger partial charge in [-0.05, 0) is 71.5 Å². The third kappa shape index (κ3) is 12.0. The molecule has 0 saturated heterocycles. The Morgan fingerprint density at radius 2 is 1.04 bits per heavy atom. The first-order chi connectivity index (χ1) is 12.4. The Labute approximate surface area is 180 Å². The van der Waals surface area contributed by atoms with E-state index in [4.69, 9.17) is 29.7 Å². The predicted molar refractivity (Wildman–Crippen MR) is 130 cm³/mol. The van der Waals surface area contributed by atoms with E-state index in [1.54, 1.807) is 21.3 Å². The lowest BCUT2D eigenvalue weighted by atomic mass is 10.9. The van der Waals surface area contributed by atoms with Crippen LogP contribution in [0.1, 0.15) is 0 Å². The third-order valence-corrected chi connectivity index (χ3v) is 23.7. The molecule has 13 heteroatoms. The van der Waals surface area contributed by atoms with Crippen molar-refractivity contribution in [2.45, 2.75) is 77.6 Å². The zero-order valence-electron chi connectivity index (χ0n) is 20.3. The summed E-state index contributed by atoms with van der Waals surface area (Å²) in [6.45, 7) is 21.6. The Balaban J connectivity index is 5.28. The summed E-state index contributed by atoms with van der Waals surface area (Å²) in [6.07, 6.45) is 0. The lowest BCUT2D eigenvalue weighted by Crippen LogP contribution is -2.55. The van der Waals surface area contributed by atoms with Gasteiger partial charge in [-0.15, -0.1) is 0 Å². The predicted octanol–water partition coefficient (Wildman–Crippen LogP) is 4.22. The fourth-order valence-electron chi connectivity index (χ4n) is 3.25. The van der Waals surface area contributed by atoms with Gasteiger partial charge in [0.15, 0.2) is 16.6 Å². The summed E-state index contributed by atoms with van der Waals surface area (Å²) in [5.74, 6) is 0. The summed E-state index contributed by atoms with van der Waals surface area (Å²) in [5.41, 5.74) is 0. The average molecular weight is 505 g/mol. The topological polar surface area (TPSA) is 64.6 Å². The van der Waals surface area contributed by atoms with Crippen molar-refractivity contribution < 1.29 is 29.7 Å². The van der Waals surface area contributed by atoms with E-state index >= 15 is 0 Å². The maximum atomic E-state index is 6.59. The zero-order chi connectivity index (χ0) is 22.4. The SMILES string of the molecule is CO[Si](CC[Si](C)(O[SiH](C)O[Si](C)(C)O[Si](C)(C)C)O[Si](C)(C)C)(OC)OC. The molecule has 0 heterocycles. The standard InChI is InChI=1S/C15H44O7Si6/c1-16-28(17-2,18-3)15-14-27(13,22-25(8,9)10)20-23(4)19-26(11,12)21-24(5,6)7/h23H,14-15H2,1-13H3. The van der Waals surface area contributed by atoms with E-state index in [-0.39, 0.29) is 0 Å². The lowest BCUT2D eigenvalue weighted by Gasteiger charge is -2.39. The Hall–Kier alpha value is 1.02. The van der Waals surface area contributed by atoms with Crippen LogP contribution in [0.2, 0.25) is 77.6 Å². The molecule has 0 aromatic heterocycles. The van der Waals surface area contributed by atoms with Gasteiger partial charge in [0.1, 0.15) is 0 Å². The van der Waals surface area contributed by atoms with Crippen LogP contribution in [0.25, 0.3) is 0 Å². The zero-order valence-corrected chi connectivity index (χ0v) is 26.5. The monoisotopic (exact) mass is 504 g/mol. The molecule has 0 N–H and O–H groups in total. The van der Waals surface area contributed by atoms with Crippen molar-refractivity contribution in [3.05, 3.63) is 0 Å². The second-order valence-corrected chi connectivity index (χ2v) is 31.3. The highest BCUT2D eigenvalue weighted by molar-refractivity contribution is 6.87. The highest BCUT2D eigenvalue weighted by Gasteiger charge is 2.46. The molecule has 0 aliphatic heterocycles. The molecule has 2 unspecified atom stereocenters. The molecule has 0 amide bonds. The van der Waals surface area contributed by atoms with Crippen LogP contribution in [0.3, 0.4) is 0 Å². The van der Waals surface area contributed by atoms with Crippen molar-refractivity contribution in [2.75, 3.05) is 21.3 Å². The van der Waals surface area contributed by atoms with Gasteiger partial charge >= 0.3 is 35.2 Å². The molecule has 0 aromatic carbocycles. The van der Waals surface area contributed by atoms with Crippen LogP contribution in [-0.4, -0.2) is 73.2 Å². The van der Waals surface area contributed by atoms with Crippen LogP contribution >= 0.6 is 0 Å². The number of hydrogen-bond donors (Lipinski definition) is 0. The van der Waals surface area contributed by atoms with Gasteiger partial charge in [0.05, 0.1) is 0 Å². The lowest BCUT2D eigenvalue weighted by molar-refractivity contribution is 0.124. The molecule has 0 bridgehead atoms. The van der Waals surface area contributed by atoms with Crippen LogP contribution in [0, 0.1) is 0 Å². The molecule has 0 fully saturated rings. The molecule has 0 spiro atoms. The van der Waals surface area contributed by atoms with E-state index in [9.17, 15) is 0 Å². The average Bonchev–Trinajstić information content (AvgIpc) is 2.43. The van der Waals surface area contributed by atoms with Crippen LogP contribution in [0.15, 0.2) is 0 Å². The molecular weight excluding hydrogens is 461 g/mol. The first-order valence-corrected chi connectivity index (χ1v) is 26.0. The summed E-state index contributed by atoms with van der Waals surface area (Å²) in [4.78, 5) is 0. The van der Waals surface area contributed by atoms with Crippen LogP contribution < -0.4 is 0 Å². The highest BCUT2D eigenvalue weighted by atomic mass is 28.5. The second kappa shape index (κ2) is 11.1. The van der Waals surface area contributed by atoms with Crippen LogP contribution in [0.4, 0.5) is 0 Å². The maximum absolute atomic E-state index is 6.59. The molecule has 0 aliphatic rings. The maximum Gasteiger partial charge on any atom is 0.500 e. The summed E-state index contributed by atoms with van der Waals surface area (Å²) >= 11 is 0. The Kier molecular flexibility index (Phi) is 11.5. The van der Waals surface area contributed by atoms with Crippen molar-refractivity contribution >= 4 is 51.8 Å². The quantitative estimate of drug-likeness (QED) is 0.328. The van der Waals surface area contributed by atoms with Crippen molar-refractivity contribution in [3.8, 4) is 0 Å². The largest absolute Gasteiger partial charge is 0.500 e. The Bertz CT molecular complexity index is 457. The molecule has 2 atom stereocenters. The van der Waals surface area contributed by atoms with Gasteiger partial charge in [-0.1, -0.05) is 0 Å². The minimum atomic E-state index is -2.68. The summed E-state index contributed by atoms with van der Waals surface area (Å²) in [7, 11) is -7.88. The molecule has 0 radical (unpaired) electrons. The van der Waals surface area contributed by atoms with Crippen molar-refractivity contribution in [1.29, 1.82) is 0 Å². The van der Waals surface area contributed by atoms with Crippen molar-refractivity contribution in [3.63, 3.8) is 0 Å². The van der Waals surface area contributed by atoms with Gasteiger partial charge in [-0.2, -0.15) is 0 Å². The van der Waals surface area contributed by atoms with E-state index in [1.807, 2.05) is 0 Å². The van der Waals surface area contributed by atoms with Gasteiger partial charge in [0, 0.05) is 27.4 Å². The van der Waals surface area contributed by atoms with E-state index in [0.717, 1.165) is 6.04 Å². The van der Waals surface area contributed by atoms with Crippen LogP contribution in [0.5, 0.6) is 0 Å². The first-order valence-electron chi connectivity index (χ1n) is 9.82. The Morgan fingerprint density at radius 1 is 0.607 bits per heavy atom. The molecule has 0 aromatic rings. The number of rotatable bonds is 14. The van der Waals surface area contributed by atoms with E-state index in [1.165, 1.54) is 0 Å². The third-order valence-electron chi connectivity index (χ3n) is 3.76. The van der Waals surface area contributed by atoms with E-state index in [0.29, 0.717) is 6.04 Å². The van der Waals surface area contributed by atoms with Crippen molar-refractivity contribution in [2.24, 2.45) is 0 Å². The normalized spacial score (nSPS) is 17.5. The van der Waals surface area contributed by atoms with Gasteiger partial charge in [-0.25, -0.2) is 0 Å². The minimum absolute atomic E-state index is 0.664. The molecule has 0 rings (SSSR count). The molecular formula is C15H44O7Si6. The molecule has 0 saturated carbocycles.